The lowest BCUT2D eigenvalue weighted by Gasteiger charge is -2.09. The van der Waals surface area contributed by atoms with Crippen molar-refractivity contribution in [3.63, 3.8) is 0 Å². The van der Waals surface area contributed by atoms with E-state index in [-0.39, 0.29) is 17.0 Å². The molecule has 0 spiro atoms. The van der Waals surface area contributed by atoms with Crippen molar-refractivity contribution in [1.82, 2.24) is 5.32 Å². The third-order valence-electron chi connectivity index (χ3n) is 4.10. The fraction of sp³-hybridized carbons (Fsp3) is 0.0952. The molecule has 0 atom stereocenters. The third-order valence-corrected chi connectivity index (χ3v) is 4.10. The predicted molar refractivity (Wildman–Crippen MR) is 104 cm³/mol. The van der Waals surface area contributed by atoms with Crippen molar-refractivity contribution in [3.8, 4) is 5.75 Å². The number of amides is 2. The summed E-state index contributed by atoms with van der Waals surface area (Å²) >= 11 is 0. The van der Waals surface area contributed by atoms with E-state index >= 15 is 0 Å². The van der Waals surface area contributed by atoms with Gasteiger partial charge in [-0.3, -0.25) is 9.59 Å². The number of fused-ring (bicyclic) bond motifs is 1. The van der Waals surface area contributed by atoms with Crippen LogP contribution in [-0.4, -0.2) is 36.0 Å². The smallest absolute Gasteiger partial charge is 0.342 e. The predicted octanol–water partition coefficient (Wildman–Crippen LogP) is 2.74. The van der Waals surface area contributed by atoms with E-state index in [1.807, 2.05) is 0 Å². The van der Waals surface area contributed by atoms with Gasteiger partial charge in [-0.2, -0.15) is 0 Å². The Morgan fingerprint density at radius 3 is 2.47 bits per heavy atom. The van der Waals surface area contributed by atoms with E-state index in [9.17, 15) is 28.3 Å². The second-order valence-corrected chi connectivity index (χ2v) is 6.21. The molecule has 9 heteroatoms. The molecule has 2 amide bonds. The van der Waals surface area contributed by atoms with Crippen molar-refractivity contribution in [3.05, 3.63) is 71.8 Å². The molecule has 0 fully saturated rings. The molecule has 0 heterocycles. The Kier molecular flexibility index (Phi) is 6.21. The van der Waals surface area contributed by atoms with Gasteiger partial charge in [0.2, 0.25) is 5.91 Å². The van der Waals surface area contributed by atoms with Crippen LogP contribution >= 0.6 is 0 Å². The average molecular weight is 414 g/mol. The molecule has 0 bridgehead atoms. The number of benzene rings is 3. The number of hydrogen-bond donors (Lipinski definition) is 3. The minimum absolute atomic E-state index is 0.0198. The molecule has 30 heavy (non-hydrogen) atoms. The second kappa shape index (κ2) is 8.99. The van der Waals surface area contributed by atoms with Crippen molar-refractivity contribution in [2.45, 2.75) is 0 Å². The van der Waals surface area contributed by atoms with Gasteiger partial charge in [0.25, 0.3) is 5.91 Å². The molecule has 0 saturated carbocycles. The molecule has 0 radical (unpaired) electrons. The second-order valence-electron chi connectivity index (χ2n) is 6.21. The number of carbonyl (C=O) groups excluding carboxylic acids is 3. The maximum absolute atomic E-state index is 13.1. The van der Waals surface area contributed by atoms with Crippen LogP contribution in [0.5, 0.6) is 5.75 Å². The standard InChI is InChI=1S/C21H16F2N2O5/c22-16-8-6-13(9-17(16)23)25-18(26)10-24-19(27)11-30-21(29)15-7-5-12-3-1-2-4-14(12)20(15)28/h1-9,28H,10-11H2,(H,24,27)(H,25,26). The molecule has 0 aromatic heterocycles. The molecule has 0 aliphatic carbocycles. The SMILES string of the molecule is O=C(COC(=O)c1ccc2ccccc2c1O)NCC(=O)Nc1ccc(F)c(F)c1. The highest BCUT2D eigenvalue weighted by atomic mass is 19.2. The zero-order valence-electron chi connectivity index (χ0n) is 15.4. The first-order valence-electron chi connectivity index (χ1n) is 8.74. The van der Waals surface area contributed by atoms with E-state index in [4.69, 9.17) is 4.74 Å². The van der Waals surface area contributed by atoms with Gasteiger partial charge in [0.15, 0.2) is 18.2 Å². The minimum atomic E-state index is -1.12. The Labute approximate surface area is 169 Å². The quantitative estimate of drug-likeness (QED) is 0.538. The monoisotopic (exact) mass is 414 g/mol. The van der Waals surface area contributed by atoms with Gasteiger partial charge in [0, 0.05) is 17.1 Å². The van der Waals surface area contributed by atoms with Crippen molar-refractivity contribution in [1.29, 1.82) is 0 Å². The highest BCUT2D eigenvalue weighted by Gasteiger charge is 2.17. The zero-order chi connectivity index (χ0) is 21.7. The first kappa shape index (κ1) is 20.7. The summed E-state index contributed by atoms with van der Waals surface area (Å²) < 4.78 is 30.8. The fourth-order valence-corrected chi connectivity index (χ4v) is 2.64. The van der Waals surface area contributed by atoms with Crippen LogP contribution in [0.15, 0.2) is 54.6 Å². The Morgan fingerprint density at radius 1 is 0.933 bits per heavy atom. The van der Waals surface area contributed by atoms with Crippen LogP contribution in [0.3, 0.4) is 0 Å². The van der Waals surface area contributed by atoms with Crippen LogP contribution in [0.4, 0.5) is 14.5 Å². The van der Waals surface area contributed by atoms with Gasteiger partial charge in [-0.25, -0.2) is 13.6 Å². The summed E-state index contributed by atoms with van der Waals surface area (Å²) in [6.07, 6.45) is 0. The largest absolute Gasteiger partial charge is 0.506 e. The number of ether oxygens (including phenoxy) is 1. The number of hydrogen-bond acceptors (Lipinski definition) is 5. The van der Waals surface area contributed by atoms with E-state index in [1.165, 1.54) is 6.07 Å². The summed E-state index contributed by atoms with van der Waals surface area (Å²) in [6, 6.07) is 12.7. The molecule has 7 nitrogen and oxygen atoms in total. The summed E-state index contributed by atoms with van der Waals surface area (Å²) in [5.74, 6) is -4.79. The topological polar surface area (TPSA) is 105 Å². The lowest BCUT2D eigenvalue weighted by atomic mass is 10.1. The maximum Gasteiger partial charge on any atom is 0.342 e. The van der Waals surface area contributed by atoms with Crippen LogP contribution in [0.25, 0.3) is 10.8 Å². The number of halogens is 2. The van der Waals surface area contributed by atoms with Crippen LogP contribution < -0.4 is 10.6 Å². The van der Waals surface area contributed by atoms with Gasteiger partial charge >= 0.3 is 5.97 Å². The molecular formula is C21H16F2N2O5. The molecule has 0 aliphatic heterocycles. The maximum atomic E-state index is 13.1. The summed E-state index contributed by atoms with van der Waals surface area (Å²) in [4.78, 5) is 35.7. The van der Waals surface area contributed by atoms with Crippen molar-refractivity contribution in [2.75, 3.05) is 18.5 Å². The van der Waals surface area contributed by atoms with E-state index in [0.717, 1.165) is 23.6 Å². The number of phenols is 1. The first-order valence-corrected chi connectivity index (χ1v) is 8.74. The molecule has 3 aromatic carbocycles. The molecule has 154 valence electrons. The Hall–Kier alpha value is -4.01. The van der Waals surface area contributed by atoms with Gasteiger partial charge in [0.1, 0.15) is 11.3 Å². The number of phenolic OH excluding ortho intramolecular Hbond substituents is 1. The molecular weight excluding hydrogens is 398 g/mol. The van der Waals surface area contributed by atoms with E-state index in [0.29, 0.717) is 5.39 Å². The number of carbonyl (C=O) groups is 3. The molecule has 3 N–H and O–H groups in total. The van der Waals surface area contributed by atoms with E-state index in [2.05, 4.69) is 10.6 Å². The van der Waals surface area contributed by atoms with Crippen LogP contribution in [-0.2, 0) is 14.3 Å². The Morgan fingerprint density at radius 2 is 1.70 bits per heavy atom. The Bertz CT molecular complexity index is 1130. The highest BCUT2D eigenvalue weighted by Crippen LogP contribution is 2.28. The third kappa shape index (κ3) is 4.88. The lowest BCUT2D eigenvalue weighted by Crippen LogP contribution is -2.35. The summed E-state index contributed by atoms with van der Waals surface area (Å²) in [5.41, 5.74) is -0.0797. The number of aromatic hydroxyl groups is 1. The Balaban J connectivity index is 1.49. The zero-order valence-corrected chi connectivity index (χ0v) is 15.4. The molecule has 0 saturated heterocycles. The first-order chi connectivity index (χ1) is 14.3. The number of esters is 1. The van der Waals surface area contributed by atoms with E-state index < -0.39 is 42.6 Å². The van der Waals surface area contributed by atoms with Gasteiger partial charge < -0.3 is 20.5 Å². The summed E-state index contributed by atoms with van der Waals surface area (Å²) in [5, 5.41) is 15.9. The van der Waals surface area contributed by atoms with Crippen molar-refractivity contribution in [2.24, 2.45) is 0 Å². The van der Waals surface area contributed by atoms with Crippen LogP contribution in [0.2, 0.25) is 0 Å². The number of anilines is 1. The number of nitrogens with one attached hydrogen (secondary N) is 2. The van der Waals surface area contributed by atoms with Crippen molar-refractivity contribution >= 4 is 34.2 Å². The minimum Gasteiger partial charge on any atom is -0.506 e. The molecule has 0 aliphatic rings. The van der Waals surface area contributed by atoms with Gasteiger partial charge in [0.05, 0.1) is 6.54 Å². The van der Waals surface area contributed by atoms with Gasteiger partial charge in [-0.05, 0) is 23.6 Å². The van der Waals surface area contributed by atoms with Crippen LogP contribution in [0, 0.1) is 11.6 Å². The molecule has 3 aromatic rings. The highest BCUT2D eigenvalue weighted by molar-refractivity contribution is 6.01. The summed E-state index contributed by atoms with van der Waals surface area (Å²) in [6.45, 7) is -1.15. The fourth-order valence-electron chi connectivity index (χ4n) is 2.64. The average Bonchev–Trinajstić information content (AvgIpc) is 2.73. The van der Waals surface area contributed by atoms with Crippen LogP contribution in [0.1, 0.15) is 10.4 Å². The normalized spacial score (nSPS) is 10.5. The molecule has 0 unspecified atom stereocenters. The lowest BCUT2D eigenvalue weighted by molar-refractivity contribution is -0.126. The van der Waals surface area contributed by atoms with Gasteiger partial charge in [-0.1, -0.05) is 30.3 Å². The van der Waals surface area contributed by atoms with Gasteiger partial charge in [-0.15, -0.1) is 0 Å². The summed E-state index contributed by atoms with van der Waals surface area (Å²) in [7, 11) is 0. The van der Waals surface area contributed by atoms with E-state index in [1.54, 1.807) is 30.3 Å². The van der Waals surface area contributed by atoms with Crippen molar-refractivity contribution < 1.29 is 33.0 Å². The number of rotatable bonds is 6. The molecule has 3 rings (SSSR count).